The number of carbonyl (C=O) groups is 1. The monoisotopic (exact) mass is 257 g/mol. The number of hydrogen-bond acceptors (Lipinski definition) is 4. The molecule has 3 N–H and O–H groups in total. The van der Waals surface area contributed by atoms with Crippen molar-refractivity contribution in [3.63, 3.8) is 0 Å². The van der Waals surface area contributed by atoms with Gasteiger partial charge < -0.3 is 20.7 Å². The fourth-order valence-corrected chi connectivity index (χ4v) is 2.62. The van der Waals surface area contributed by atoms with Gasteiger partial charge in [0.05, 0.1) is 0 Å². The normalized spacial score (nSPS) is 22.7. The molecule has 0 aromatic carbocycles. The van der Waals surface area contributed by atoms with Crippen LogP contribution in [0.5, 0.6) is 0 Å². The van der Waals surface area contributed by atoms with Crippen molar-refractivity contribution in [2.24, 2.45) is 11.7 Å². The molecule has 1 fully saturated rings. The highest BCUT2D eigenvalue weighted by molar-refractivity contribution is 5.64. The molecule has 1 aliphatic rings. The average Bonchev–Trinajstić information content (AvgIpc) is 2.35. The minimum atomic E-state index is -0.698. The van der Waals surface area contributed by atoms with Gasteiger partial charge in [-0.3, -0.25) is 0 Å². The fraction of sp³-hybridized carbons (Fsp3) is 0.923. The maximum absolute atomic E-state index is 10.4. The van der Waals surface area contributed by atoms with Crippen LogP contribution >= 0.6 is 0 Å². The second-order valence-corrected chi connectivity index (χ2v) is 5.11. The molecule has 2 unspecified atom stereocenters. The maximum Gasteiger partial charge on any atom is 0.404 e. The third kappa shape index (κ3) is 5.69. The standard InChI is InChI=1S/C13H27N3O2/c1-3-7-16-8-4-5-12(10-16)11(2)15-6-9-18-13(14)17/h11-12,15H,3-10H2,1-2H3,(H2,14,17). The Kier molecular flexibility index (Phi) is 7.05. The molecule has 0 aromatic rings. The molecule has 1 saturated heterocycles. The van der Waals surface area contributed by atoms with Gasteiger partial charge in [-0.25, -0.2) is 4.79 Å². The van der Waals surface area contributed by atoms with Crippen molar-refractivity contribution in [3.05, 3.63) is 0 Å². The minimum Gasteiger partial charge on any atom is -0.448 e. The summed E-state index contributed by atoms with van der Waals surface area (Å²) < 4.78 is 4.71. The number of carbonyl (C=O) groups excluding carboxylic acids is 1. The van der Waals surface area contributed by atoms with E-state index < -0.39 is 6.09 Å². The molecular formula is C13H27N3O2. The van der Waals surface area contributed by atoms with E-state index in [1.807, 2.05) is 0 Å². The van der Waals surface area contributed by atoms with Crippen molar-refractivity contribution in [1.82, 2.24) is 10.2 Å². The molecule has 5 heteroatoms. The Bertz CT molecular complexity index is 246. The Hall–Kier alpha value is -0.810. The Balaban J connectivity index is 2.19. The lowest BCUT2D eigenvalue weighted by molar-refractivity contribution is 0.139. The maximum atomic E-state index is 10.4. The number of likely N-dealkylation sites (tertiary alicyclic amines) is 1. The summed E-state index contributed by atoms with van der Waals surface area (Å²) >= 11 is 0. The van der Waals surface area contributed by atoms with E-state index in [9.17, 15) is 4.79 Å². The first-order valence-corrected chi connectivity index (χ1v) is 7.01. The fourth-order valence-electron chi connectivity index (χ4n) is 2.62. The van der Waals surface area contributed by atoms with Crippen molar-refractivity contribution in [3.8, 4) is 0 Å². The Morgan fingerprint density at radius 1 is 1.61 bits per heavy atom. The van der Waals surface area contributed by atoms with E-state index >= 15 is 0 Å². The first-order valence-electron chi connectivity index (χ1n) is 7.01. The van der Waals surface area contributed by atoms with Gasteiger partial charge in [0.1, 0.15) is 6.61 Å². The summed E-state index contributed by atoms with van der Waals surface area (Å²) in [5, 5.41) is 3.41. The smallest absolute Gasteiger partial charge is 0.404 e. The Morgan fingerprint density at radius 2 is 2.39 bits per heavy atom. The summed E-state index contributed by atoms with van der Waals surface area (Å²) in [6.45, 7) is 9.09. The molecule has 0 aliphatic carbocycles. The Morgan fingerprint density at radius 3 is 3.06 bits per heavy atom. The molecule has 0 saturated carbocycles. The number of nitrogens with one attached hydrogen (secondary N) is 1. The molecule has 1 aliphatic heterocycles. The van der Waals surface area contributed by atoms with Crippen LogP contribution in [0, 0.1) is 5.92 Å². The quantitative estimate of drug-likeness (QED) is 0.672. The first-order chi connectivity index (χ1) is 8.63. The molecule has 0 bridgehead atoms. The highest BCUT2D eigenvalue weighted by Crippen LogP contribution is 2.19. The predicted octanol–water partition coefficient (Wildman–Crippen LogP) is 1.18. The molecule has 0 radical (unpaired) electrons. The molecule has 1 rings (SSSR count). The first kappa shape index (κ1) is 15.2. The van der Waals surface area contributed by atoms with E-state index in [4.69, 9.17) is 10.5 Å². The van der Waals surface area contributed by atoms with Crippen LogP contribution in [-0.4, -0.2) is 49.8 Å². The summed E-state index contributed by atoms with van der Waals surface area (Å²) in [5.74, 6) is 0.693. The van der Waals surface area contributed by atoms with Crippen molar-refractivity contribution in [2.45, 2.75) is 39.2 Å². The highest BCUT2D eigenvalue weighted by Gasteiger charge is 2.23. The van der Waals surface area contributed by atoms with Crippen LogP contribution < -0.4 is 11.1 Å². The highest BCUT2D eigenvalue weighted by atomic mass is 16.5. The van der Waals surface area contributed by atoms with Crippen LogP contribution in [0.25, 0.3) is 0 Å². The van der Waals surface area contributed by atoms with Crippen molar-refractivity contribution in [2.75, 3.05) is 32.8 Å². The van der Waals surface area contributed by atoms with E-state index in [2.05, 4.69) is 24.1 Å². The van der Waals surface area contributed by atoms with Crippen molar-refractivity contribution in [1.29, 1.82) is 0 Å². The number of amides is 1. The zero-order chi connectivity index (χ0) is 13.4. The lowest BCUT2D eigenvalue weighted by atomic mass is 9.91. The number of rotatable bonds is 7. The minimum absolute atomic E-state index is 0.352. The van der Waals surface area contributed by atoms with Crippen LogP contribution in [0.4, 0.5) is 4.79 Å². The number of nitrogens with zero attached hydrogens (tertiary/aromatic N) is 1. The molecule has 1 heterocycles. The van der Waals surface area contributed by atoms with Gasteiger partial charge in [0.25, 0.3) is 0 Å². The van der Waals surface area contributed by atoms with Crippen LogP contribution in [0.15, 0.2) is 0 Å². The molecule has 0 spiro atoms. The molecule has 0 aromatic heterocycles. The Labute approximate surface area is 110 Å². The van der Waals surface area contributed by atoms with Gasteiger partial charge in [-0.05, 0) is 45.2 Å². The van der Waals surface area contributed by atoms with Crippen molar-refractivity contribution < 1.29 is 9.53 Å². The average molecular weight is 257 g/mol. The molecule has 5 nitrogen and oxygen atoms in total. The van der Waals surface area contributed by atoms with Gasteiger partial charge in [-0.15, -0.1) is 0 Å². The predicted molar refractivity (Wildman–Crippen MR) is 72.5 cm³/mol. The second kappa shape index (κ2) is 8.32. The number of ether oxygens (including phenoxy) is 1. The van der Waals surface area contributed by atoms with E-state index in [0.717, 1.165) is 0 Å². The van der Waals surface area contributed by atoms with Gasteiger partial charge in [-0.2, -0.15) is 0 Å². The van der Waals surface area contributed by atoms with Crippen molar-refractivity contribution >= 4 is 6.09 Å². The number of nitrogens with two attached hydrogens (primary N) is 1. The number of piperidine rings is 1. The van der Waals surface area contributed by atoms with Gasteiger partial charge >= 0.3 is 6.09 Å². The van der Waals surface area contributed by atoms with Gasteiger partial charge in [0.2, 0.25) is 0 Å². The third-order valence-corrected chi connectivity index (χ3v) is 3.60. The number of hydrogen-bond donors (Lipinski definition) is 2. The molecular weight excluding hydrogens is 230 g/mol. The molecule has 2 atom stereocenters. The number of primary amides is 1. The third-order valence-electron chi connectivity index (χ3n) is 3.60. The topological polar surface area (TPSA) is 67.6 Å². The van der Waals surface area contributed by atoms with Crippen LogP contribution in [0.2, 0.25) is 0 Å². The summed E-state index contributed by atoms with van der Waals surface area (Å²) in [7, 11) is 0. The molecule has 106 valence electrons. The van der Waals surface area contributed by atoms with E-state index in [1.54, 1.807) is 0 Å². The van der Waals surface area contributed by atoms with Crippen LogP contribution in [0.3, 0.4) is 0 Å². The van der Waals surface area contributed by atoms with Gasteiger partial charge in [0, 0.05) is 19.1 Å². The summed E-state index contributed by atoms with van der Waals surface area (Å²) in [5.41, 5.74) is 4.91. The zero-order valence-corrected chi connectivity index (χ0v) is 11.7. The zero-order valence-electron chi connectivity index (χ0n) is 11.7. The molecule has 18 heavy (non-hydrogen) atoms. The van der Waals surface area contributed by atoms with Gasteiger partial charge in [-0.1, -0.05) is 6.92 Å². The SMILES string of the molecule is CCCN1CCCC(C(C)NCCOC(N)=O)C1. The lowest BCUT2D eigenvalue weighted by Gasteiger charge is -2.36. The van der Waals surface area contributed by atoms with E-state index in [-0.39, 0.29) is 0 Å². The van der Waals surface area contributed by atoms with E-state index in [0.29, 0.717) is 25.1 Å². The largest absolute Gasteiger partial charge is 0.448 e. The summed E-state index contributed by atoms with van der Waals surface area (Å²) in [6, 6.07) is 0.459. The summed E-state index contributed by atoms with van der Waals surface area (Å²) in [4.78, 5) is 13.0. The van der Waals surface area contributed by atoms with E-state index in [1.165, 1.54) is 38.9 Å². The second-order valence-electron chi connectivity index (χ2n) is 5.11. The van der Waals surface area contributed by atoms with Crippen LogP contribution in [0.1, 0.15) is 33.1 Å². The summed E-state index contributed by atoms with van der Waals surface area (Å²) in [6.07, 6.45) is 3.09. The molecule has 1 amide bonds. The van der Waals surface area contributed by atoms with Gasteiger partial charge in [0.15, 0.2) is 0 Å². The lowest BCUT2D eigenvalue weighted by Crippen LogP contribution is -2.45. The van der Waals surface area contributed by atoms with Crippen LogP contribution in [-0.2, 0) is 4.74 Å².